The molecule has 0 amide bonds. The normalized spacial score (nSPS) is 20.1. The van der Waals surface area contributed by atoms with Gasteiger partial charge in [-0.1, -0.05) is 0 Å². The van der Waals surface area contributed by atoms with Crippen LogP contribution in [0.3, 0.4) is 0 Å². The zero-order chi connectivity index (χ0) is 11.2. The Kier molecular flexibility index (Phi) is 1.92. The van der Waals surface area contributed by atoms with E-state index in [0.29, 0.717) is 5.92 Å². The van der Waals surface area contributed by atoms with Gasteiger partial charge in [0.1, 0.15) is 23.7 Å². The zero-order valence-corrected chi connectivity index (χ0v) is 9.58. The second kappa shape index (κ2) is 3.45. The quantitative estimate of drug-likeness (QED) is 0.806. The molecule has 0 atom stereocenters. The fourth-order valence-electron chi connectivity index (χ4n) is 2.81. The summed E-state index contributed by atoms with van der Waals surface area (Å²) in [6.07, 6.45) is 10.5. The van der Waals surface area contributed by atoms with Gasteiger partial charge in [0.15, 0.2) is 0 Å². The lowest BCUT2D eigenvalue weighted by atomic mass is 9.93. The van der Waals surface area contributed by atoms with Crippen LogP contribution in [0.2, 0.25) is 0 Å². The maximum atomic E-state index is 4.53. The highest BCUT2D eigenvalue weighted by Gasteiger charge is 2.43. The maximum absolute atomic E-state index is 4.53. The summed E-state index contributed by atoms with van der Waals surface area (Å²) >= 11 is 0. The highest BCUT2D eigenvalue weighted by Crippen LogP contribution is 2.54. The van der Waals surface area contributed by atoms with E-state index in [-0.39, 0.29) is 0 Å². The van der Waals surface area contributed by atoms with Crippen molar-refractivity contribution >= 4 is 11.0 Å². The molecule has 0 aliphatic heterocycles. The Labute approximate surface area is 99.5 Å². The number of hydrogen-bond donors (Lipinski definition) is 0. The predicted octanol–water partition coefficient (Wildman–Crippen LogP) is 2.32. The van der Waals surface area contributed by atoms with E-state index >= 15 is 0 Å². The van der Waals surface area contributed by atoms with Crippen LogP contribution >= 0.6 is 0 Å². The van der Waals surface area contributed by atoms with Crippen LogP contribution in [-0.4, -0.2) is 19.9 Å². The molecule has 0 unspecified atom stereocenters. The third-order valence-electron chi connectivity index (χ3n) is 3.90. The van der Waals surface area contributed by atoms with E-state index < -0.39 is 0 Å². The molecular formula is C13H14N4. The van der Waals surface area contributed by atoms with Crippen LogP contribution in [0.25, 0.3) is 11.0 Å². The summed E-state index contributed by atoms with van der Waals surface area (Å²) < 4.78 is 0. The summed E-state index contributed by atoms with van der Waals surface area (Å²) in [5.41, 5.74) is 3.01. The van der Waals surface area contributed by atoms with E-state index in [9.17, 15) is 0 Å². The van der Waals surface area contributed by atoms with Crippen molar-refractivity contribution in [3.63, 3.8) is 0 Å². The molecule has 2 aromatic heterocycles. The van der Waals surface area contributed by atoms with Gasteiger partial charge < -0.3 is 0 Å². The van der Waals surface area contributed by atoms with E-state index in [1.165, 1.54) is 31.4 Å². The van der Waals surface area contributed by atoms with Crippen molar-refractivity contribution < 1.29 is 0 Å². The van der Waals surface area contributed by atoms with Gasteiger partial charge in [-0.2, -0.15) is 0 Å². The second-order valence-electron chi connectivity index (χ2n) is 5.22. The van der Waals surface area contributed by atoms with Crippen LogP contribution in [0, 0.1) is 11.8 Å². The van der Waals surface area contributed by atoms with Gasteiger partial charge in [-0.05, 0) is 37.5 Å². The number of hydrogen-bond acceptors (Lipinski definition) is 4. The van der Waals surface area contributed by atoms with E-state index in [2.05, 4.69) is 19.9 Å². The van der Waals surface area contributed by atoms with Gasteiger partial charge in [0.25, 0.3) is 0 Å². The first-order chi connectivity index (χ1) is 8.43. The molecule has 2 aromatic rings. The minimum atomic E-state index is 0.621. The molecule has 2 fully saturated rings. The fraction of sp³-hybridized carbons (Fsp3) is 0.538. The molecule has 0 radical (unpaired) electrons. The Hall–Kier alpha value is -1.58. The second-order valence-corrected chi connectivity index (χ2v) is 5.22. The molecule has 0 bridgehead atoms. The first-order valence-corrected chi connectivity index (χ1v) is 6.34. The minimum Gasteiger partial charge on any atom is -0.243 e. The van der Waals surface area contributed by atoms with Crippen molar-refractivity contribution in [2.75, 3.05) is 0 Å². The van der Waals surface area contributed by atoms with Crippen molar-refractivity contribution in [1.29, 1.82) is 0 Å². The van der Waals surface area contributed by atoms with Crippen molar-refractivity contribution in [2.45, 2.75) is 31.6 Å². The van der Waals surface area contributed by atoms with Crippen molar-refractivity contribution in [3.05, 3.63) is 24.5 Å². The lowest BCUT2D eigenvalue weighted by Gasteiger charge is -2.15. The van der Waals surface area contributed by atoms with E-state index in [4.69, 9.17) is 0 Å². The van der Waals surface area contributed by atoms with E-state index in [1.807, 2.05) is 0 Å². The third-order valence-corrected chi connectivity index (χ3v) is 3.90. The van der Waals surface area contributed by atoms with Gasteiger partial charge in [0.05, 0.1) is 11.9 Å². The molecule has 2 heterocycles. The Morgan fingerprint density at radius 1 is 0.941 bits per heavy atom. The molecule has 2 saturated carbocycles. The first-order valence-electron chi connectivity index (χ1n) is 6.34. The standard InChI is InChI=1S/C13H14N4/c1-2-8(1)11(9-3-4-9)13-12-10(15-7-17-13)5-14-6-16-12/h5-9,11H,1-4H2. The van der Waals surface area contributed by atoms with Crippen LogP contribution in [0.4, 0.5) is 0 Å². The number of fused-ring (bicyclic) bond motifs is 1. The molecule has 2 aliphatic rings. The largest absolute Gasteiger partial charge is 0.243 e. The van der Waals surface area contributed by atoms with Gasteiger partial charge in [-0.25, -0.2) is 19.9 Å². The summed E-state index contributed by atoms with van der Waals surface area (Å²) in [6.45, 7) is 0. The van der Waals surface area contributed by atoms with Gasteiger partial charge >= 0.3 is 0 Å². The molecule has 86 valence electrons. The van der Waals surface area contributed by atoms with Crippen molar-refractivity contribution in [2.24, 2.45) is 11.8 Å². The molecule has 2 aliphatic carbocycles. The molecule has 0 aromatic carbocycles. The number of rotatable bonds is 3. The highest BCUT2D eigenvalue weighted by molar-refractivity contribution is 5.75. The Morgan fingerprint density at radius 2 is 1.71 bits per heavy atom. The molecule has 17 heavy (non-hydrogen) atoms. The zero-order valence-electron chi connectivity index (χ0n) is 9.58. The Morgan fingerprint density at radius 3 is 2.41 bits per heavy atom. The number of nitrogens with zero attached hydrogens (tertiary/aromatic N) is 4. The molecule has 0 spiro atoms. The van der Waals surface area contributed by atoms with E-state index in [1.54, 1.807) is 18.9 Å². The van der Waals surface area contributed by atoms with E-state index in [0.717, 1.165) is 22.9 Å². The van der Waals surface area contributed by atoms with Crippen LogP contribution < -0.4 is 0 Å². The van der Waals surface area contributed by atoms with Crippen LogP contribution in [-0.2, 0) is 0 Å². The maximum Gasteiger partial charge on any atom is 0.116 e. The Balaban J connectivity index is 1.88. The highest BCUT2D eigenvalue weighted by atomic mass is 14.9. The predicted molar refractivity (Wildman–Crippen MR) is 63.3 cm³/mol. The van der Waals surface area contributed by atoms with Crippen molar-refractivity contribution in [3.8, 4) is 0 Å². The summed E-state index contributed by atoms with van der Waals surface area (Å²) in [5, 5.41) is 0. The van der Waals surface area contributed by atoms with Gasteiger partial charge in [0, 0.05) is 5.92 Å². The Bertz CT molecular complexity index is 543. The van der Waals surface area contributed by atoms with Gasteiger partial charge in [0.2, 0.25) is 0 Å². The average Bonchev–Trinajstić information content (AvgIpc) is 3.24. The van der Waals surface area contributed by atoms with Gasteiger partial charge in [-0.3, -0.25) is 0 Å². The lowest BCUT2D eigenvalue weighted by molar-refractivity contribution is 0.526. The molecule has 4 nitrogen and oxygen atoms in total. The molecule has 4 rings (SSSR count). The third kappa shape index (κ3) is 1.59. The first kappa shape index (κ1) is 9.45. The summed E-state index contributed by atoms with van der Waals surface area (Å²) in [4.78, 5) is 17.2. The average molecular weight is 226 g/mol. The number of aromatic nitrogens is 4. The van der Waals surface area contributed by atoms with Crippen molar-refractivity contribution in [1.82, 2.24) is 19.9 Å². The smallest absolute Gasteiger partial charge is 0.116 e. The molecule has 0 saturated heterocycles. The summed E-state index contributed by atoms with van der Waals surface area (Å²) in [6, 6.07) is 0. The van der Waals surface area contributed by atoms with Crippen LogP contribution in [0.15, 0.2) is 18.9 Å². The lowest BCUT2D eigenvalue weighted by Crippen LogP contribution is -2.08. The molecule has 4 heteroatoms. The molecule has 0 N–H and O–H groups in total. The van der Waals surface area contributed by atoms with Crippen LogP contribution in [0.5, 0.6) is 0 Å². The minimum absolute atomic E-state index is 0.621. The SMILES string of the molecule is c1nc(C(C2CC2)C2CC2)c2ncncc2n1. The fourth-order valence-corrected chi connectivity index (χ4v) is 2.81. The molecular weight excluding hydrogens is 212 g/mol. The monoisotopic (exact) mass is 226 g/mol. The van der Waals surface area contributed by atoms with Crippen LogP contribution in [0.1, 0.15) is 37.3 Å². The summed E-state index contributed by atoms with van der Waals surface area (Å²) in [5.74, 6) is 2.31. The summed E-state index contributed by atoms with van der Waals surface area (Å²) in [7, 11) is 0. The topological polar surface area (TPSA) is 51.6 Å². The van der Waals surface area contributed by atoms with Gasteiger partial charge in [-0.15, -0.1) is 0 Å².